The average Bonchev–Trinajstić information content (AvgIpc) is 3.31. The fourth-order valence-electron chi connectivity index (χ4n) is 3.20. The van der Waals surface area contributed by atoms with Crippen molar-refractivity contribution in [2.24, 2.45) is 0 Å². The van der Waals surface area contributed by atoms with Crippen molar-refractivity contribution >= 4 is 11.9 Å². The standard InChI is InChI=1S/C21H22N6O5/c1-30-21(29)16-9-17(11-22-10-16)32-14-18-12-26(7-8-31-18)19(28)13-27-24-20(23-25-27)15-5-3-2-4-6-15/h2-6,9-11,18H,7-8,12-14H2,1H3. The Balaban J connectivity index is 1.30. The van der Waals surface area contributed by atoms with Crippen LogP contribution in [0.15, 0.2) is 48.8 Å². The molecule has 1 amide bonds. The van der Waals surface area contributed by atoms with Crippen LogP contribution in [0, 0.1) is 0 Å². The third kappa shape index (κ3) is 5.24. The molecule has 0 saturated carbocycles. The molecule has 1 aliphatic rings. The van der Waals surface area contributed by atoms with Crippen LogP contribution in [-0.4, -0.2) is 81.5 Å². The van der Waals surface area contributed by atoms with E-state index in [0.717, 1.165) is 5.56 Å². The first kappa shape index (κ1) is 21.4. The molecule has 11 nitrogen and oxygen atoms in total. The number of ether oxygens (including phenoxy) is 3. The molecule has 32 heavy (non-hydrogen) atoms. The maximum absolute atomic E-state index is 12.7. The minimum absolute atomic E-state index is 0.0154. The van der Waals surface area contributed by atoms with E-state index in [4.69, 9.17) is 9.47 Å². The molecule has 3 heterocycles. The van der Waals surface area contributed by atoms with Crippen LogP contribution in [0.5, 0.6) is 5.75 Å². The molecule has 1 saturated heterocycles. The third-order valence-corrected chi connectivity index (χ3v) is 4.82. The van der Waals surface area contributed by atoms with Crippen LogP contribution in [0.25, 0.3) is 11.4 Å². The lowest BCUT2D eigenvalue weighted by molar-refractivity contribution is -0.141. The molecule has 1 aliphatic heterocycles. The van der Waals surface area contributed by atoms with Gasteiger partial charge in [-0.15, -0.1) is 10.2 Å². The molecule has 0 bridgehead atoms. The second-order valence-corrected chi connectivity index (χ2v) is 7.05. The Morgan fingerprint density at radius 1 is 1.22 bits per heavy atom. The molecule has 1 unspecified atom stereocenters. The Bertz CT molecular complexity index is 1070. The highest BCUT2D eigenvalue weighted by atomic mass is 16.5. The molecular formula is C21H22N6O5. The fourth-order valence-corrected chi connectivity index (χ4v) is 3.20. The second kappa shape index (κ2) is 9.96. The van der Waals surface area contributed by atoms with E-state index >= 15 is 0 Å². The maximum atomic E-state index is 12.7. The van der Waals surface area contributed by atoms with E-state index < -0.39 is 5.97 Å². The van der Waals surface area contributed by atoms with Crippen LogP contribution in [0.4, 0.5) is 0 Å². The number of carbonyl (C=O) groups is 2. The predicted molar refractivity (Wildman–Crippen MR) is 111 cm³/mol. The first-order valence-electron chi connectivity index (χ1n) is 10.0. The van der Waals surface area contributed by atoms with Crippen molar-refractivity contribution in [3.05, 3.63) is 54.4 Å². The van der Waals surface area contributed by atoms with Gasteiger partial charge in [0.15, 0.2) is 0 Å². The number of esters is 1. The summed E-state index contributed by atoms with van der Waals surface area (Å²) in [5.74, 6) is 0.255. The summed E-state index contributed by atoms with van der Waals surface area (Å²) in [6, 6.07) is 11.0. The zero-order valence-electron chi connectivity index (χ0n) is 17.5. The summed E-state index contributed by atoms with van der Waals surface area (Å²) in [7, 11) is 1.30. The normalized spacial score (nSPS) is 15.9. The smallest absolute Gasteiger partial charge is 0.339 e. The number of hydrogen-bond acceptors (Lipinski definition) is 9. The zero-order chi connectivity index (χ0) is 22.3. The Morgan fingerprint density at radius 3 is 2.88 bits per heavy atom. The van der Waals surface area contributed by atoms with Crippen LogP contribution in [0.1, 0.15) is 10.4 Å². The van der Waals surface area contributed by atoms with Crippen LogP contribution in [0.2, 0.25) is 0 Å². The number of rotatable bonds is 7. The monoisotopic (exact) mass is 438 g/mol. The van der Waals surface area contributed by atoms with Gasteiger partial charge in [0.2, 0.25) is 11.7 Å². The number of nitrogens with zero attached hydrogens (tertiary/aromatic N) is 6. The summed E-state index contributed by atoms with van der Waals surface area (Å²) in [4.78, 5) is 31.3. The lowest BCUT2D eigenvalue weighted by Crippen LogP contribution is -2.48. The highest BCUT2D eigenvalue weighted by Crippen LogP contribution is 2.15. The van der Waals surface area contributed by atoms with Crippen molar-refractivity contribution in [3.63, 3.8) is 0 Å². The Morgan fingerprint density at radius 2 is 2.06 bits per heavy atom. The molecule has 0 N–H and O–H groups in total. The maximum Gasteiger partial charge on any atom is 0.339 e. The van der Waals surface area contributed by atoms with E-state index in [1.807, 2.05) is 30.3 Å². The largest absolute Gasteiger partial charge is 0.489 e. The van der Waals surface area contributed by atoms with E-state index in [2.05, 4.69) is 25.1 Å². The summed E-state index contributed by atoms with van der Waals surface area (Å²) >= 11 is 0. The molecule has 1 atom stereocenters. The van der Waals surface area contributed by atoms with Gasteiger partial charge in [0.1, 0.15) is 25.0 Å². The topological polar surface area (TPSA) is 122 Å². The fraction of sp³-hybridized carbons (Fsp3) is 0.333. The van der Waals surface area contributed by atoms with Crippen molar-refractivity contribution in [2.45, 2.75) is 12.6 Å². The van der Waals surface area contributed by atoms with E-state index in [-0.39, 0.29) is 25.2 Å². The van der Waals surface area contributed by atoms with Gasteiger partial charge in [0.25, 0.3) is 0 Å². The SMILES string of the molecule is COC(=O)c1cncc(OCC2CN(C(=O)Cn3nnc(-c4ccccc4)n3)CCO2)c1. The number of aromatic nitrogens is 5. The van der Waals surface area contributed by atoms with E-state index in [1.165, 1.54) is 24.3 Å². The van der Waals surface area contributed by atoms with Gasteiger partial charge in [-0.25, -0.2) is 4.79 Å². The van der Waals surface area contributed by atoms with Gasteiger partial charge >= 0.3 is 5.97 Å². The third-order valence-electron chi connectivity index (χ3n) is 4.82. The first-order valence-corrected chi connectivity index (χ1v) is 10.0. The highest BCUT2D eigenvalue weighted by Gasteiger charge is 2.25. The number of morpholine rings is 1. The van der Waals surface area contributed by atoms with Crippen molar-refractivity contribution in [3.8, 4) is 17.1 Å². The summed E-state index contributed by atoms with van der Waals surface area (Å²) in [6.45, 7) is 1.41. The number of benzene rings is 1. The van der Waals surface area contributed by atoms with Crippen LogP contribution >= 0.6 is 0 Å². The van der Waals surface area contributed by atoms with Crippen molar-refractivity contribution in [1.82, 2.24) is 30.1 Å². The van der Waals surface area contributed by atoms with E-state index in [1.54, 1.807) is 11.0 Å². The second-order valence-electron chi connectivity index (χ2n) is 7.05. The van der Waals surface area contributed by atoms with Gasteiger partial charge in [0.05, 0.1) is 32.0 Å². The van der Waals surface area contributed by atoms with Crippen LogP contribution in [-0.2, 0) is 20.8 Å². The summed E-state index contributed by atoms with van der Waals surface area (Å²) in [5.41, 5.74) is 1.13. The van der Waals surface area contributed by atoms with Crippen LogP contribution in [0.3, 0.4) is 0 Å². The number of pyridine rings is 1. The number of methoxy groups -OCH3 is 1. The average molecular weight is 438 g/mol. The first-order chi connectivity index (χ1) is 15.6. The molecule has 3 aromatic rings. The van der Waals surface area contributed by atoms with E-state index in [0.29, 0.717) is 36.8 Å². The predicted octanol–water partition coefficient (Wildman–Crippen LogP) is 0.828. The molecular weight excluding hydrogens is 416 g/mol. The Hall–Kier alpha value is -3.86. The molecule has 0 spiro atoms. The Labute approximate surface area is 183 Å². The van der Waals surface area contributed by atoms with Gasteiger partial charge in [-0.3, -0.25) is 9.78 Å². The van der Waals surface area contributed by atoms with Crippen molar-refractivity contribution in [2.75, 3.05) is 33.4 Å². The molecule has 1 fully saturated rings. The minimum Gasteiger partial charge on any atom is -0.489 e. The molecule has 4 rings (SSSR count). The number of carbonyl (C=O) groups excluding carboxylic acids is 2. The number of amides is 1. The highest BCUT2D eigenvalue weighted by molar-refractivity contribution is 5.89. The zero-order valence-corrected chi connectivity index (χ0v) is 17.5. The van der Waals surface area contributed by atoms with E-state index in [9.17, 15) is 9.59 Å². The summed E-state index contributed by atoms with van der Waals surface area (Å²) in [5, 5.41) is 12.3. The lowest BCUT2D eigenvalue weighted by atomic mass is 10.2. The lowest BCUT2D eigenvalue weighted by Gasteiger charge is -2.32. The van der Waals surface area contributed by atoms with Crippen molar-refractivity contribution in [1.29, 1.82) is 0 Å². The molecule has 0 radical (unpaired) electrons. The van der Waals surface area contributed by atoms with Crippen molar-refractivity contribution < 1.29 is 23.8 Å². The number of hydrogen-bond donors (Lipinski definition) is 0. The number of tetrazole rings is 1. The van der Waals surface area contributed by atoms with Crippen LogP contribution < -0.4 is 4.74 Å². The van der Waals surface area contributed by atoms with Gasteiger partial charge in [-0.2, -0.15) is 4.80 Å². The summed E-state index contributed by atoms with van der Waals surface area (Å²) < 4.78 is 16.1. The summed E-state index contributed by atoms with van der Waals surface area (Å²) in [6.07, 6.45) is 2.58. The Kier molecular flexibility index (Phi) is 6.66. The minimum atomic E-state index is -0.495. The quantitative estimate of drug-likeness (QED) is 0.494. The molecule has 0 aliphatic carbocycles. The molecule has 166 valence electrons. The van der Waals surface area contributed by atoms with Gasteiger partial charge in [0, 0.05) is 18.3 Å². The molecule has 2 aromatic heterocycles. The molecule has 11 heteroatoms. The van der Waals surface area contributed by atoms with Gasteiger partial charge < -0.3 is 19.1 Å². The van der Waals surface area contributed by atoms with Gasteiger partial charge in [-0.1, -0.05) is 30.3 Å². The van der Waals surface area contributed by atoms with Gasteiger partial charge in [-0.05, 0) is 11.3 Å². The molecule has 1 aromatic carbocycles.